The van der Waals surface area contributed by atoms with Crippen molar-refractivity contribution in [2.24, 2.45) is 0 Å². The summed E-state index contributed by atoms with van der Waals surface area (Å²) in [5, 5.41) is 19.1. The van der Waals surface area contributed by atoms with E-state index in [0.717, 1.165) is 11.1 Å². The van der Waals surface area contributed by atoms with Crippen LogP contribution >= 0.6 is 11.6 Å². The molecule has 1 aromatic carbocycles. The molecule has 1 aromatic rings. The molecule has 1 fully saturated rings. The van der Waals surface area contributed by atoms with Crippen molar-refractivity contribution in [3.8, 4) is 0 Å². The van der Waals surface area contributed by atoms with Crippen LogP contribution < -0.4 is 0 Å². The summed E-state index contributed by atoms with van der Waals surface area (Å²) in [7, 11) is 0. The number of aliphatic carboxylic acids is 1. The van der Waals surface area contributed by atoms with Crippen LogP contribution in [0.4, 0.5) is 0 Å². The van der Waals surface area contributed by atoms with Gasteiger partial charge in [0.2, 0.25) is 0 Å². The molecule has 1 unspecified atom stereocenters. The molecule has 0 bridgehead atoms. The number of carboxylic acid groups (broad SMARTS) is 1. The summed E-state index contributed by atoms with van der Waals surface area (Å²) in [6.07, 6.45) is -0.0281. The highest BCUT2D eigenvalue weighted by Gasteiger charge is 2.54. The first-order valence-electron chi connectivity index (χ1n) is 5.15. The number of carbonyl (C=O) groups is 1. The lowest BCUT2D eigenvalue weighted by Crippen LogP contribution is -2.34. The Labute approximate surface area is 98.7 Å². The molecule has 2 rings (SSSR count). The van der Waals surface area contributed by atoms with Crippen LogP contribution in [0.25, 0.3) is 0 Å². The quantitative estimate of drug-likeness (QED) is 0.851. The lowest BCUT2D eigenvalue weighted by Gasteiger charge is -2.20. The molecule has 4 heteroatoms. The summed E-state index contributed by atoms with van der Waals surface area (Å²) < 4.78 is 0. The fourth-order valence-electron chi connectivity index (χ4n) is 2.09. The van der Waals surface area contributed by atoms with E-state index in [1.54, 1.807) is 6.07 Å². The van der Waals surface area contributed by atoms with Gasteiger partial charge in [-0.1, -0.05) is 23.7 Å². The maximum atomic E-state index is 10.8. The number of hydrogen-bond acceptors (Lipinski definition) is 2. The van der Waals surface area contributed by atoms with Crippen molar-refractivity contribution in [1.82, 2.24) is 0 Å². The van der Waals surface area contributed by atoms with Crippen LogP contribution in [0.15, 0.2) is 18.2 Å². The Morgan fingerprint density at radius 1 is 1.50 bits per heavy atom. The predicted octanol–water partition coefficient (Wildman–Crippen LogP) is 2.13. The number of aliphatic hydroxyl groups excluding tert-OH is 1. The Kier molecular flexibility index (Phi) is 2.68. The van der Waals surface area contributed by atoms with Gasteiger partial charge in [-0.05, 0) is 37.0 Å². The minimum absolute atomic E-state index is 0.540. The van der Waals surface area contributed by atoms with Gasteiger partial charge in [-0.3, -0.25) is 0 Å². The molecule has 0 radical (unpaired) electrons. The summed E-state index contributed by atoms with van der Waals surface area (Å²) in [5.41, 5.74) is 1.10. The predicted molar refractivity (Wildman–Crippen MR) is 60.7 cm³/mol. The molecule has 1 saturated carbocycles. The second kappa shape index (κ2) is 3.75. The van der Waals surface area contributed by atoms with Gasteiger partial charge in [-0.25, -0.2) is 4.79 Å². The van der Waals surface area contributed by atoms with Crippen LogP contribution in [0, 0.1) is 6.92 Å². The number of hydrogen-bond donors (Lipinski definition) is 2. The third-order valence-corrected chi connectivity index (χ3v) is 3.52. The van der Waals surface area contributed by atoms with Gasteiger partial charge < -0.3 is 10.2 Å². The molecule has 0 amide bonds. The molecule has 0 spiro atoms. The van der Waals surface area contributed by atoms with Gasteiger partial charge in [0.05, 0.1) is 0 Å². The Balaban J connectivity index is 2.40. The number of halogens is 1. The van der Waals surface area contributed by atoms with Gasteiger partial charge in [0, 0.05) is 10.4 Å². The first-order valence-corrected chi connectivity index (χ1v) is 5.53. The molecule has 1 aliphatic rings. The minimum atomic E-state index is -1.37. The summed E-state index contributed by atoms with van der Waals surface area (Å²) in [5.74, 6) is -1.19. The van der Waals surface area contributed by atoms with E-state index in [2.05, 4.69) is 0 Å². The molecular formula is C12H13ClO3. The van der Waals surface area contributed by atoms with Gasteiger partial charge in [-0.15, -0.1) is 0 Å². The second-order valence-corrected chi connectivity index (χ2v) is 4.79. The normalized spacial score (nSPS) is 19.2. The molecule has 3 nitrogen and oxygen atoms in total. The van der Waals surface area contributed by atoms with E-state index in [9.17, 15) is 9.90 Å². The maximum Gasteiger partial charge on any atom is 0.333 e. The van der Waals surface area contributed by atoms with Crippen molar-refractivity contribution in [3.63, 3.8) is 0 Å². The molecule has 2 N–H and O–H groups in total. The number of aliphatic hydroxyl groups is 1. The van der Waals surface area contributed by atoms with Gasteiger partial charge in [0.25, 0.3) is 0 Å². The van der Waals surface area contributed by atoms with Crippen molar-refractivity contribution in [2.75, 3.05) is 0 Å². The van der Waals surface area contributed by atoms with Crippen molar-refractivity contribution < 1.29 is 15.0 Å². The Hall–Kier alpha value is -1.06. The SMILES string of the molecule is Cc1ccc(C2(C(O)C(=O)O)CC2)c(Cl)c1. The van der Waals surface area contributed by atoms with Crippen LogP contribution in [0.1, 0.15) is 24.0 Å². The third-order valence-electron chi connectivity index (χ3n) is 3.21. The molecule has 86 valence electrons. The standard InChI is InChI=1S/C12H13ClO3/c1-7-2-3-8(9(13)6-7)12(4-5-12)10(14)11(15)16/h2-3,6,10,14H,4-5H2,1H3,(H,15,16). The van der Waals surface area contributed by atoms with Crippen molar-refractivity contribution >= 4 is 17.6 Å². The largest absolute Gasteiger partial charge is 0.479 e. The monoisotopic (exact) mass is 240 g/mol. The number of benzene rings is 1. The topological polar surface area (TPSA) is 57.5 Å². The Morgan fingerprint density at radius 3 is 2.56 bits per heavy atom. The molecular weight excluding hydrogens is 228 g/mol. The van der Waals surface area contributed by atoms with Gasteiger partial charge in [-0.2, -0.15) is 0 Å². The first-order chi connectivity index (χ1) is 7.47. The van der Waals surface area contributed by atoms with Crippen LogP contribution in [-0.4, -0.2) is 22.3 Å². The lowest BCUT2D eigenvalue weighted by atomic mass is 9.89. The third kappa shape index (κ3) is 1.70. The lowest BCUT2D eigenvalue weighted by molar-refractivity contribution is -0.148. The molecule has 0 heterocycles. The highest BCUT2D eigenvalue weighted by molar-refractivity contribution is 6.31. The van der Waals surface area contributed by atoms with Crippen LogP contribution in [-0.2, 0) is 10.2 Å². The minimum Gasteiger partial charge on any atom is -0.479 e. The molecule has 1 aliphatic carbocycles. The van der Waals surface area contributed by atoms with Crippen LogP contribution in [0.3, 0.4) is 0 Å². The summed E-state index contributed by atoms with van der Waals surface area (Å²) in [4.78, 5) is 10.8. The zero-order valence-corrected chi connectivity index (χ0v) is 9.66. The van der Waals surface area contributed by atoms with E-state index in [1.165, 1.54) is 0 Å². The fourth-order valence-corrected chi connectivity index (χ4v) is 2.51. The molecule has 16 heavy (non-hydrogen) atoms. The second-order valence-electron chi connectivity index (χ2n) is 4.38. The Morgan fingerprint density at radius 2 is 2.12 bits per heavy atom. The van der Waals surface area contributed by atoms with Gasteiger partial charge >= 0.3 is 5.97 Å². The highest BCUT2D eigenvalue weighted by atomic mass is 35.5. The smallest absolute Gasteiger partial charge is 0.333 e. The van der Waals surface area contributed by atoms with Crippen molar-refractivity contribution in [3.05, 3.63) is 34.3 Å². The summed E-state index contributed by atoms with van der Waals surface area (Å²) >= 11 is 6.10. The molecule has 0 saturated heterocycles. The zero-order chi connectivity index (χ0) is 11.9. The van der Waals surface area contributed by atoms with E-state index in [-0.39, 0.29) is 0 Å². The van der Waals surface area contributed by atoms with E-state index < -0.39 is 17.5 Å². The summed E-state index contributed by atoms with van der Waals surface area (Å²) in [6.45, 7) is 1.92. The highest BCUT2D eigenvalue weighted by Crippen LogP contribution is 2.53. The molecule has 0 aromatic heterocycles. The maximum absolute atomic E-state index is 10.8. The van der Waals surface area contributed by atoms with Crippen LogP contribution in [0.5, 0.6) is 0 Å². The van der Waals surface area contributed by atoms with Gasteiger partial charge in [0.15, 0.2) is 6.10 Å². The van der Waals surface area contributed by atoms with Crippen molar-refractivity contribution in [2.45, 2.75) is 31.3 Å². The molecule has 1 atom stereocenters. The van der Waals surface area contributed by atoms with Gasteiger partial charge in [0.1, 0.15) is 0 Å². The number of carboxylic acids is 1. The van der Waals surface area contributed by atoms with E-state index in [0.29, 0.717) is 17.9 Å². The fraction of sp³-hybridized carbons (Fsp3) is 0.417. The first kappa shape index (κ1) is 11.4. The Bertz CT molecular complexity index is 438. The zero-order valence-electron chi connectivity index (χ0n) is 8.90. The van der Waals surface area contributed by atoms with Crippen molar-refractivity contribution in [1.29, 1.82) is 0 Å². The van der Waals surface area contributed by atoms with E-state index in [1.807, 2.05) is 19.1 Å². The summed E-state index contributed by atoms with van der Waals surface area (Å²) in [6, 6.07) is 5.50. The van der Waals surface area contributed by atoms with E-state index >= 15 is 0 Å². The molecule has 0 aliphatic heterocycles. The van der Waals surface area contributed by atoms with Crippen LogP contribution in [0.2, 0.25) is 5.02 Å². The number of rotatable bonds is 3. The average Bonchev–Trinajstić information content (AvgIpc) is 2.97. The average molecular weight is 241 g/mol. The van der Waals surface area contributed by atoms with E-state index in [4.69, 9.17) is 16.7 Å². The number of aryl methyl sites for hydroxylation is 1.